The van der Waals surface area contributed by atoms with Gasteiger partial charge in [0.05, 0.1) is 30.2 Å². The van der Waals surface area contributed by atoms with E-state index in [0.717, 1.165) is 4.47 Å². The van der Waals surface area contributed by atoms with E-state index < -0.39 is 0 Å². The molecule has 1 heterocycles. The summed E-state index contributed by atoms with van der Waals surface area (Å²) in [6.45, 7) is 0. The maximum atomic E-state index is 11.5. The van der Waals surface area contributed by atoms with Crippen LogP contribution in [0.5, 0.6) is 0 Å². The third kappa shape index (κ3) is 3.09. The quantitative estimate of drug-likeness (QED) is 0.803. The Labute approximate surface area is 109 Å². The molecule has 17 heavy (non-hydrogen) atoms. The van der Waals surface area contributed by atoms with Gasteiger partial charge in [0.2, 0.25) is 0 Å². The van der Waals surface area contributed by atoms with Gasteiger partial charge in [0.25, 0.3) is 0 Å². The largest absolute Gasteiger partial charge is 0.469 e. The van der Waals surface area contributed by atoms with Crippen LogP contribution in [-0.4, -0.2) is 22.9 Å². The molecule has 1 aliphatic rings. The first-order valence-corrected chi connectivity index (χ1v) is 6.76. The molecule has 1 unspecified atom stereocenters. The Morgan fingerprint density at radius 1 is 1.65 bits per heavy atom. The van der Waals surface area contributed by atoms with Gasteiger partial charge in [-0.05, 0) is 34.7 Å². The van der Waals surface area contributed by atoms with Gasteiger partial charge >= 0.3 is 5.97 Å². The molecule has 1 fully saturated rings. The SMILES string of the molecule is COC(=O)CC(C1CCCC1)n1cc(Br)cn1. The van der Waals surface area contributed by atoms with Crippen LogP contribution in [0.3, 0.4) is 0 Å². The number of ether oxygens (including phenoxy) is 1. The fourth-order valence-corrected chi connectivity index (χ4v) is 2.87. The summed E-state index contributed by atoms with van der Waals surface area (Å²) in [7, 11) is 1.44. The van der Waals surface area contributed by atoms with Crippen molar-refractivity contribution in [2.75, 3.05) is 7.11 Å². The van der Waals surface area contributed by atoms with Crippen molar-refractivity contribution in [1.29, 1.82) is 0 Å². The highest BCUT2D eigenvalue weighted by atomic mass is 79.9. The maximum absolute atomic E-state index is 11.5. The molecule has 4 nitrogen and oxygen atoms in total. The van der Waals surface area contributed by atoms with Gasteiger partial charge in [-0.25, -0.2) is 0 Å². The average Bonchev–Trinajstić information content (AvgIpc) is 2.96. The lowest BCUT2D eigenvalue weighted by Gasteiger charge is -2.22. The molecule has 5 heteroatoms. The minimum atomic E-state index is -0.159. The number of rotatable bonds is 4. The molecule has 94 valence electrons. The van der Waals surface area contributed by atoms with Crippen LogP contribution < -0.4 is 0 Å². The number of hydrogen-bond acceptors (Lipinski definition) is 3. The number of nitrogens with zero attached hydrogens (tertiary/aromatic N) is 2. The molecule has 1 atom stereocenters. The number of esters is 1. The topological polar surface area (TPSA) is 44.1 Å². The second kappa shape index (κ2) is 5.67. The molecular weight excluding hydrogens is 284 g/mol. The van der Waals surface area contributed by atoms with E-state index in [1.807, 2.05) is 10.9 Å². The number of carbonyl (C=O) groups is 1. The van der Waals surface area contributed by atoms with E-state index in [9.17, 15) is 4.79 Å². The fraction of sp³-hybridized carbons (Fsp3) is 0.667. The van der Waals surface area contributed by atoms with Crippen molar-refractivity contribution < 1.29 is 9.53 Å². The van der Waals surface area contributed by atoms with Gasteiger partial charge in [0.15, 0.2) is 0 Å². The van der Waals surface area contributed by atoms with Crippen LogP contribution in [0.4, 0.5) is 0 Å². The molecule has 0 radical (unpaired) electrons. The van der Waals surface area contributed by atoms with E-state index in [1.54, 1.807) is 6.20 Å². The van der Waals surface area contributed by atoms with E-state index in [0.29, 0.717) is 12.3 Å². The van der Waals surface area contributed by atoms with Gasteiger partial charge in [-0.2, -0.15) is 5.10 Å². The molecule has 1 aromatic heterocycles. The Morgan fingerprint density at radius 2 is 2.35 bits per heavy atom. The van der Waals surface area contributed by atoms with Crippen LogP contribution >= 0.6 is 15.9 Å². The van der Waals surface area contributed by atoms with Gasteiger partial charge in [-0.15, -0.1) is 0 Å². The minimum Gasteiger partial charge on any atom is -0.469 e. The summed E-state index contributed by atoms with van der Waals surface area (Å²) in [5, 5.41) is 4.31. The molecule has 0 spiro atoms. The number of carbonyl (C=O) groups excluding carboxylic acids is 1. The summed E-state index contributed by atoms with van der Waals surface area (Å²) in [4.78, 5) is 11.5. The first kappa shape index (κ1) is 12.6. The second-order valence-electron chi connectivity index (χ2n) is 4.53. The molecule has 0 bridgehead atoms. The van der Waals surface area contributed by atoms with Gasteiger partial charge in [-0.1, -0.05) is 12.8 Å². The minimum absolute atomic E-state index is 0.135. The molecule has 0 saturated heterocycles. The van der Waals surface area contributed by atoms with Crippen molar-refractivity contribution in [1.82, 2.24) is 9.78 Å². The Hall–Kier alpha value is -0.840. The highest BCUT2D eigenvalue weighted by Gasteiger charge is 2.29. The predicted molar refractivity (Wildman–Crippen MR) is 67.6 cm³/mol. The highest BCUT2D eigenvalue weighted by molar-refractivity contribution is 9.10. The monoisotopic (exact) mass is 300 g/mol. The zero-order valence-electron chi connectivity index (χ0n) is 9.93. The first-order valence-electron chi connectivity index (χ1n) is 5.97. The number of hydrogen-bond donors (Lipinski definition) is 0. The van der Waals surface area contributed by atoms with Gasteiger partial charge in [0.1, 0.15) is 0 Å². The molecule has 2 rings (SSSR count). The number of halogens is 1. The third-order valence-corrected chi connectivity index (χ3v) is 3.87. The standard InChI is InChI=1S/C12H17BrN2O2/c1-17-12(16)6-11(9-4-2-3-5-9)15-8-10(13)7-14-15/h7-9,11H,2-6H2,1H3. The normalized spacial score (nSPS) is 18.2. The van der Waals surface area contributed by atoms with Crippen LogP contribution in [0, 0.1) is 5.92 Å². The number of methoxy groups -OCH3 is 1. The third-order valence-electron chi connectivity index (χ3n) is 3.46. The number of aromatic nitrogens is 2. The van der Waals surface area contributed by atoms with Gasteiger partial charge in [-0.3, -0.25) is 9.48 Å². The average molecular weight is 301 g/mol. The summed E-state index contributed by atoms with van der Waals surface area (Å²) in [5.41, 5.74) is 0. The second-order valence-corrected chi connectivity index (χ2v) is 5.45. The molecular formula is C12H17BrN2O2. The van der Waals surface area contributed by atoms with Crippen molar-refractivity contribution in [3.63, 3.8) is 0 Å². The Kier molecular flexibility index (Phi) is 4.20. The smallest absolute Gasteiger partial charge is 0.307 e. The predicted octanol–water partition coefficient (Wildman–Crippen LogP) is 2.94. The first-order chi connectivity index (χ1) is 8.20. The Balaban J connectivity index is 2.14. The zero-order chi connectivity index (χ0) is 12.3. The van der Waals surface area contributed by atoms with E-state index in [-0.39, 0.29) is 12.0 Å². The molecule has 0 N–H and O–H groups in total. The van der Waals surface area contributed by atoms with Crippen molar-refractivity contribution >= 4 is 21.9 Å². The Bertz CT molecular complexity index is 386. The summed E-state index contributed by atoms with van der Waals surface area (Å²) in [6.07, 6.45) is 8.98. The van der Waals surface area contributed by atoms with E-state index >= 15 is 0 Å². The van der Waals surface area contributed by atoms with Crippen molar-refractivity contribution in [2.24, 2.45) is 5.92 Å². The van der Waals surface area contributed by atoms with Gasteiger partial charge in [0, 0.05) is 6.20 Å². The molecule has 0 aromatic carbocycles. The summed E-state index contributed by atoms with van der Waals surface area (Å²) >= 11 is 3.39. The van der Waals surface area contributed by atoms with Crippen LogP contribution in [0.1, 0.15) is 38.1 Å². The molecule has 1 aromatic rings. The highest BCUT2D eigenvalue weighted by Crippen LogP contribution is 2.36. The summed E-state index contributed by atoms with van der Waals surface area (Å²) in [5.74, 6) is 0.384. The summed E-state index contributed by atoms with van der Waals surface area (Å²) in [6, 6.07) is 0.135. The van der Waals surface area contributed by atoms with Crippen LogP contribution in [-0.2, 0) is 9.53 Å². The molecule has 1 aliphatic carbocycles. The molecule has 0 amide bonds. The molecule has 1 saturated carbocycles. The lowest BCUT2D eigenvalue weighted by atomic mass is 9.95. The van der Waals surface area contributed by atoms with Crippen molar-refractivity contribution in [3.05, 3.63) is 16.9 Å². The van der Waals surface area contributed by atoms with Gasteiger partial charge < -0.3 is 4.74 Å². The van der Waals surface area contributed by atoms with Crippen LogP contribution in [0.15, 0.2) is 16.9 Å². The lowest BCUT2D eigenvalue weighted by molar-refractivity contribution is -0.142. The zero-order valence-corrected chi connectivity index (χ0v) is 11.5. The van der Waals surface area contributed by atoms with Crippen molar-refractivity contribution in [2.45, 2.75) is 38.1 Å². The van der Waals surface area contributed by atoms with Crippen LogP contribution in [0.2, 0.25) is 0 Å². The Morgan fingerprint density at radius 3 is 2.88 bits per heavy atom. The summed E-state index contributed by atoms with van der Waals surface area (Å²) < 4.78 is 7.63. The van der Waals surface area contributed by atoms with E-state index in [4.69, 9.17) is 4.74 Å². The fourth-order valence-electron chi connectivity index (χ4n) is 2.57. The van der Waals surface area contributed by atoms with E-state index in [1.165, 1.54) is 32.8 Å². The van der Waals surface area contributed by atoms with E-state index in [2.05, 4.69) is 21.0 Å². The molecule has 0 aliphatic heterocycles. The lowest BCUT2D eigenvalue weighted by Crippen LogP contribution is -2.22. The van der Waals surface area contributed by atoms with Crippen molar-refractivity contribution in [3.8, 4) is 0 Å². The maximum Gasteiger partial charge on any atom is 0.307 e. The van der Waals surface area contributed by atoms with Crippen LogP contribution in [0.25, 0.3) is 0 Å².